The number of aryl methyl sites for hydroxylation is 1. The molecule has 1 aliphatic rings. The maximum Gasteiger partial charge on any atom is 0.253 e. The Bertz CT molecular complexity index is 1040. The van der Waals surface area contributed by atoms with E-state index in [1.165, 1.54) is 11.6 Å². The van der Waals surface area contributed by atoms with E-state index in [0.29, 0.717) is 31.7 Å². The zero-order valence-electron chi connectivity index (χ0n) is 18.2. The van der Waals surface area contributed by atoms with E-state index in [0.717, 1.165) is 17.4 Å². The largest absolute Gasteiger partial charge is 0.339 e. The van der Waals surface area contributed by atoms with Crippen molar-refractivity contribution in [2.24, 2.45) is 0 Å². The molecule has 0 bridgehead atoms. The number of rotatable bonds is 8. The van der Waals surface area contributed by atoms with Crippen molar-refractivity contribution in [3.05, 3.63) is 76.7 Å². The van der Waals surface area contributed by atoms with E-state index < -0.39 is 10.0 Å². The molecule has 0 aromatic heterocycles. The summed E-state index contributed by atoms with van der Waals surface area (Å²) in [6.07, 6.45) is 2.51. The Labute approximate surface area is 189 Å². The van der Waals surface area contributed by atoms with Crippen molar-refractivity contribution in [3.63, 3.8) is 0 Å². The third-order valence-electron chi connectivity index (χ3n) is 5.41. The van der Waals surface area contributed by atoms with Gasteiger partial charge in [-0.3, -0.25) is 9.59 Å². The third-order valence-corrected chi connectivity index (χ3v) is 6.51. The van der Waals surface area contributed by atoms with Gasteiger partial charge in [0, 0.05) is 50.1 Å². The van der Waals surface area contributed by atoms with Crippen LogP contribution in [-0.4, -0.2) is 62.8 Å². The first-order valence-electron chi connectivity index (χ1n) is 10.8. The number of piperazine rings is 1. The normalized spacial score (nSPS) is 14.7. The van der Waals surface area contributed by atoms with E-state index in [4.69, 9.17) is 0 Å². The van der Waals surface area contributed by atoms with Crippen LogP contribution < -0.4 is 4.72 Å². The van der Waals surface area contributed by atoms with E-state index in [1.54, 1.807) is 21.9 Å². The van der Waals surface area contributed by atoms with Crippen LogP contribution >= 0.6 is 0 Å². The number of nitrogens with zero attached hydrogens (tertiary/aromatic N) is 2. The summed E-state index contributed by atoms with van der Waals surface area (Å²) in [7, 11) is -3.62. The average Bonchev–Trinajstić information content (AvgIpc) is 2.83. The second kappa shape index (κ2) is 11.1. The zero-order valence-corrected chi connectivity index (χ0v) is 19.1. The lowest BCUT2D eigenvalue weighted by Gasteiger charge is -2.35. The SMILES string of the molecule is CCc1ccc(C(=O)N2CCN(C(=O)CCNS(=O)(=O)/C=C/c3ccccc3)CC2)cc1. The highest BCUT2D eigenvalue weighted by Gasteiger charge is 2.24. The molecule has 0 radical (unpaired) electrons. The molecule has 1 saturated heterocycles. The van der Waals surface area contributed by atoms with Crippen LogP contribution in [0.4, 0.5) is 0 Å². The number of benzene rings is 2. The van der Waals surface area contributed by atoms with Crippen LogP contribution in [0.3, 0.4) is 0 Å². The molecule has 2 aromatic rings. The summed E-state index contributed by atoms with van der Waals surface area (Å²) in [5, 5.41) is 1.10. The molecule has 0 aliphatic carbocycles. The van der Waals surface area contributed by atoms with Gasteiger partial charge >= 0.3 is 0 Å². The van der Waals surface area contributed by atoms with Crippen LogP contribution in [-0.2, 0) is 21.2 Å². The second-order valence-electron chi connectivity index (χ2n) is 7.63. The van der Waals surface area contributed by atoms with Crippen LogP contribution in [0.15, 0.2) is 60.0 Å². The van der Waals surface area contributed by atoms with Crippen molar-refractivity contribution in [1.29, 1.82) is 0 Å². The number of amides is 2. The first kappa shape index (κ1) is 23.7. The maximum absolute atomic E-state index is 12.7. The molecule has 8 heteroatoms. The number of nitrogens with one attached hydrogen (secondary N) is 1. The van der Waals surface area contributed by atoms with Gasteiger partial charge in [-0.25, -0.2) is 13.1 Å². The lowest BCUT2D eigenvalue weighted by atomic mass is 10.1. The van der Waals surface area contributed by atoms with Crippen LogP contribution in [0.2, 0.25) is 0 Å². The van der Waals surface area contributed by atoms with Crippen LogP contribution in [0.25, 0.3) is 6.08 Å². The molecule has 2 amide bonds. The molecule has 1 N–H and O–H groups in total. The number of carbonyl (C=O) groups excluding carboxylic acids is 2. The molecule has 0 saturated carbocycles. The van der Waals surface area contributed by atoms with Gasteiger partial charge in [-0.05, 0) is 35.8 Å². The summed E-state index contributed by atoms with van der Waals surface area (Å²) >= 11 is 0. The molecular formula is C24H29N3O4S. The maximum atomic E-state index is 12.7. The fourth-order valence-corrected chi connectivity index (χ4v) is 4.28. The molecule has 32 heavy (non-hydrogen) atoms. The highest BCUT2D eigenvalue weighted by atomic mass is 32.2. The van der Waals surface area contributed by atoms with Crippen molar-refractivity contribution < 1.29 is 18.0 Å². The number of sulfonamides is 1. The van der Waals surface area contributed by atoms with Crippen LogP contribution in [0, 0.1) is 0 Å². The topological polar surface area (TPSA) is 86.8 Å². The molecule has 1 heterocycles. The van der Waals surface area contributed by atoms with Crippen molar-refractivity contribution in [2.75, 3.05) is 32.7 Å². The average molecular weight is 456 g/mol. The Kier molecular flexibility index (Phi) is 8.19. The van der Waals surface area contributed by atoms with Gasteiger partial charge in [-0.15, -0.1) is 0 Å². The Hall–Kier alpha value is -2.97. The van der Waals surface area contributed by atoms with Gasteiger partial charge in [-0.2, -0.15) is 0 Å². The van der Waals surface area contributed by atoms with Gasteiger partial charge in [-0.1, -0.05) is 49.4 Å². The summed E-state index contributed by atoms with van der Waals surface area (Å²) in [4.78, 5) is 28.5. The first-order chi connectivity index (χ1) is 15.4. The van der Waals surface area contributed by atoms with E-state index in [1.807, 2.05) is 42.5 Å². The van der Waals surface area contributed by atoms with Gasteiger partial charge < -0.3 is 9.80 Å². The minimum absolute atomic E-state index is 0.0299. The molecule has 1 aliphatic heterocycles. The number of hydrogen-bond acceptors (Lipinski definition) is 4. The Morgan fingerprint density at radius 2 is 1.56 bits per heavy atom. The minimum Gasteiger partial charge on any atom is -0.339 e. The van der Waals surface area contributed by atoms with Crippen LogP contribution in [0.1, 0.15) is 34.8 Å². The fourth-order valence-electron chi connectivity index (χ4n) is 3.46. The van der Waals surface area contributed by atoms with Gasteiger partial charge in [0.05, 0.1) is 0 Å². The molecule has 7 nitrogen and oxygen atoms in total. The Morgan fingerprint density at radius 3 is 2.19 bits per heavy atom. The molecule has 2 aromatic carbocycles. The first-order valence-corrected chi connectivity index (χ1v) is 12.3. The van der Waals surface area contributed by atoms with Crippen molar-refractivity contribution in [1.82, 2.24) is 14.5 Å². The fraction of sp³-hybridized carbons (Fsp3) is 0.333. The van der Waals surface area contributed by atoms with E-state index in [-0.39, 0.29) is 24.8 Å². The lowest BCUT2D eigenvalue weighted by molar-refractivity contribution is -0.132. The highest BCUT2D eigenvalue weighted by molar-refractivity contribution is 7.92. The summed E-state index contributed by atoms with van der Waals surface area (Å²) in [5.41, 5.74) is 2.62. The highest BCUT2D eigenvalue weighted by Crippen LogP contribution is 2.11. The molecular weight excluding hydrogens is 426 g/mol. The van der Waals surface area contributed by atoms with Gasteiger partial charge in [0.1, 0.15) is 0 Å². The van der Waals surface area contributed by atoms with Gasteiger partial charge in [0.25, 0.3) is 5.91 Å². The standard InChI is InChI=1S/C24H29N3O4S/c1-2-20-8-10-22(11-9-20)24(29)27-17-15-26(16-18-27)23(28)12-14-25-32(30,31)19-13-21-6-4-3-5-7-21/h3-11,13,19,25H,2,12,14-18H2,1H3/b19-13+. The summed E-state index contributed by atoms with van der Waals surface area (Å²) in [5.74, 6) is -0.156. The minimum atomic E-state index is -3.62. The molecule has 0 atom stereocenters. The van der Waals surface area contributed by atoms with Crippen molar-refractivity contribution in [2.45, 2.75) is 19.8 Å². The van der Waals surface area contributed by atoms with Crippen molar-refractivity contribution >= 4 is 27.9 Å². The molecule has 1 fully saturated rings. The summed E-state index contributed by atoms with van der Waals surface area (Å²) in [6.45, 7) is 3.91. The van der Waals surface area contributed by atoms with Gasteiger partial charge in [0.15, 0.2) is 0 Å². The molecule has 170 valence electrons. The quantitative estimate of drug-likeness (QED) is 0.663. The van der Waals surface area contributed by atoms with E-state index >= 15 is 0 Å². The van der Waals surface area contributed by atoms with E-state index in [2.05, 4.69) is 11.6 Å². The third kappa shape index (κ3) is 6.77. The van der Waals surface area contributed by atoms with E-state index in [9.17, 15) is 18.0 Å². The predicted octanol–water partition coefficient (Wildman–Crippen LogP) is 2.51. The zero-order chi connectivity index (χ0) is 23.0. The molecule has 3 rings (SSSR count). The molecule has 0 unspecified atom stereocenters. The predicted molar refractivity (Wildman–Crippen MR) is 125 cm³/mol. The Balaban J connectivity index is 1.42. The molecule has 0 spiro atoms. The summed E-state index contributed by atoms with van der Waals surface area (Å²) < 4.78 is 26.6. The lowest BCUT2D eigenvalue weighted by Crippen LogP contribution is -2.51. The van der Waals surface area contributed by atoms with Crippen LogP contribution in [0.5, 0.6) is 0 Å². The number of hydrogen-bond donors (Lipinski definition) is 1. The number of carbonyl (C=O) groups is 2. The Morgan fingerprint density at radius 1 is 0.938 bits per heavy atom. The van der Waals surface area contributed by atoms with Crippen molar-refractivity contribution in [3.8, 4) is 0 Å². The second-order valence-corrected chi connectivity index (χ2v) is 9.28. The monoisotopic (exact) mass is 455 g/mol. The summed E-state index contributed by atoms with van der Waals surface area (Å²) in [6, 6.07) is 16.7. The smallest absolute Gasteiger partial charge is 0.253 e. The van der Waals surface area contributed by atoms with Gasteiger partial charge in [0.2, 0.25) is 15.9 Å².